The lowest BCUT2D eigenvalue weighted by Crippen LogP contribution is -2.83. The Morgan fingerprint density at radius 1 is 0.867 bits per heavy atom. The molecule has 0 saturated carbocycles. The maximum atomic E-state index is 7.52. The maximum Gasteiger partial charge on any atom is 0.184 e. The van der Waals surface area contributed by atoms with Gasteiger partial charge in [-0.15, -0.1) is 0 Å². The Balaban J connectivity index is 3.05. The van der Waals surface area contributed by atoms with Gasteiger partial charge in [-0.3, -0.25) is 0 Å². The zero-order valence-corrected chi connectivity index (χ0v) is 25.4. The Morgan fingerprint density at radius 3 is 1.87 bits per heavy atom. The topological polar surface area (TPSA) is 27.7 Å². The van der Waals surface area contributed by atoms with Crippen molar-refractivity contribution < 1.29 is 13.9 Å². The Hall–Kier alpha value is -0.612. The van der Waals surface area contributed by atoms with Gasteiger partial charge < -0.3 is 13.9 Å². The summed E-state index contributed by atoms with van der Waals surface area (Å²) in [6.45, 7) is 25.0. The summed E-state index contributed by atoms with van der Waals surface area (Å²) in [6, 6.07) is 7.67. The molecule has 1 aromatic carbocycles. The second kappa shape index (κ2) is 8.39. The molecule has 7 heteroatoms. The van der Waals surface area contributed by atoms with E-state index < -0.39 is 30.6 Å². The van der Waals surface area contributed by atoms with Crippen molar-refractivity contribution in [2.45, 2.75) is 83.5 Å². The quantitative estimate of drug-likeness (QED) is 0.313. The predicted molar refractivity (Wildman–Crippen MR) is 141 cm³/mol. The lowest BCUT2D eigenvalue weighted by Gasteiger charge is -2.64. The predicted octanol–water partition coefficient (Wildman–Crippen LogP) is 6.92. The minimum atomic E-state index is -1.94. The summed E-state index contributed by atoms with van der Waals surface area (Å²) >= 11 is 0. The van der Waals surface area contributed by atoms with Gasteiger partial charge in [-0.1, -0.05) is 50.9 Å². The van der Waals surface area contributed by atoms with E-state index in [2.05, 4.69) is 90.1 Å². The first-order valence-corrected chi connectivity index (χ1v) is 25.7. The second-order valence-corrected chi connectivity index (χ2v) is 44.0. The molecule has 1 heterocycles. The van der Waals surface area contributed by atoms with Crippen molar-refractivity contribution in [2.75, 3.05) is 14.2 Å². The molecule has 0 amide bonds. The minimum Gasteiger partial charge on any atom is -0.497 e. The fourth-order valence-electron chi connectivity index (χ4n) is 6.21. The van der Waals surface area contributed by atoms with Gasteiger partial charge in [-0.25, -0.2) is 0 Å². The van der Waals surface area contributed by atoms with Gasteiger partial charge >= 0.3 is 0 Å². The van der Waals surface area contributed by atoms with Gasteiger partial charge in [-0.05, 0) is 51.2 Å². The van der Waals surface area contributed by atoms with Crippen LogP contribution in [0.15, 0.2) is 29.8 Å². The maximum absolute atomic E-state index is 7.52. The van der Waals surface area contributed by atoms with Gasteiger partial charge in [0.05, 0.1) is 26.6 Å². The van der Waals surface area contributed by atoms with E-state index in [1.807, 2.05) is 0 Å². The van der Waals surface area contributed by atoms with Crippen LogP contribution < -0.4 is 9.47 Å². The summed E-state index contributed by atoms with van der Waals surface area (Å²) in [7, 11) is -3.46. The van der Waals surface area contributed by atoms with Crippen molar-refractivity contribution in [2.24, 2.45) is 0 Å². The van der Waals surface area contributed by atoms with Gasteiger partial charge in [0.25, 0.3) is 0 Å². The Bertz CT molecular complexity index is 786. The monoisotopic (exact) mass is 480 g/mol. The van der Waals surface area contributed by atoms with E-state index in [0.717, 1.165) is 17.9 Å². The molecule has 0 radical (unpaired) electrons. The number of allylic oxidation sites excluding steroid dienone is 1. The number of ether oxygens (including phenoxy) is 2. The van der Waals surface area contributed by atoms with Crippen LogP contribution in [0, 0.1) is 0 Å². The van der Waals surface area contributed by atoms with Gasteiger partial charge in [0.15, 0.2) is 8.32 Å². The van der Waals surface area contributed by atoms with E-state index in [9.17, 15) is 0 Å². The molecule has 1 aliphatic heterocycles. The number of benzene rings is 1. The molecule has 0 aromatic heterocycles. The number of hydrogen-bond donors (Lipinski definition) is 0. The molecule has 0 saturated heterocycles. The van der Waals surface area contributed by atoms with Crippen LogP contribution in [-0.2, 0) is 9.65 Å². The summed E-state index contributed by atoms with van der Waals surface area (Å²) in [6.07, 6.45) is 3.57. The Kier molecular flexibility index (Phi) is 7.17. The summed E-state index contributed by atoms with van der Waals surface area (Å²) in [4.78, 5) is 0. The first-order chi connectivity index (χ1) is 13.5. The van der Waals surface area contributed by atoms with Crippen molar-refractivity contribution in [1.29, 1.82) is 0 Å². The third-order valence-corrected chi connectivity index (χ3v) is 48.4. The van der Waals surface area contributed by atoms with E-state index in [1.165, 1.54) is 17.2 Å². The van der Waals surface area contributed by atoms with Crippen LogP contribution in [-0.4, -0.2) is 44.8 Å². The summed E-state index contributed by atoms with van der Waals surface area (Å²) in [5.41, 5.74) is 2.74. The SMILES string of the molecule is COc1ccc(C2(O[Si](C)(C)C)CC(C)=CC[Si]2([Si](C)(C)C)[Si](C)(C)C)c(OC)c1. The van der Waals surface area contributed by atoms with Gasteiger partial charge in [-0.2, -0.15) is 0 Å². The van der Waals surface area contributed by atoms with Crippen LogP contribution in [0.3, 0.4) is 0 Å². The molecular weight excluding hydrogens is 437 g/mol. The van der Waals surface area contributed by atoms with Crippen molar-refractivity contribution in [3.05, 3.63) is 35.4 Å². The Morgan fingerprint density at radius 2 is 1.43 bits per heavy atom. The third kappa shape index (κ3) is 4.33. The fourth-order valence-corrected chi connectivity index (χ4v) is 58.0. The normalized spacial score (nSPS) is 22.5. The molecule has 1 aliphatic rings. The van der Waals surface area contributed by atoms with Crippen molar-refractivity contribution in [3.63, 3.8) is 0 Å². The molecule has 0 bridgehead atoms. The van der Waals surface area contributed by atoms with Crippen molar-refractivity contribution >= 4 is 30.6 Å². The van der Waals surface area contributed by atoms with Crippen LogP contribution in [0.1, 0.15) is 18.9 Å². The Labute approximate surface area is 189 Å². The summed E-state index contributed by atoms with van der Waals surface area (Å²) < 4.78 is 19.1. The van der Waals surface area contributed by atoms with Crippen LogP contribution in [0.25, 0.3) is 0 Å². The molecule has 1 unspecified atom stereocenters. The van der Waals surface area contributed by atoms with Gasteiger partial charge in [0.1, 0.15) is 11.5 Å². The zero-order valence-electron chi connectivity index (χ0n) is 21.4. The molecule has 0 N–H and O–H groups in total. The van der Waals surface area contributed by atoms with Gasteiger partial charge in [0, 0.05) is 26.8 Å². The average Bonchev–Trinajstić information content (AvgIpc) is 2.57. The molecule has 1 aromatic rings. The highest BCUT2D eigenvalue weighted by Crippen LogP contribution is 2.56. The highest BCUT2D eigenvalue weighted by atomic mass is 29.6. The lowest BCUT2D eigenvalue weighted by molar-refractivity contribution is 0.133. The zero-order chi connectivity index (χ0) is 23.2. The molecule has 170 valence electrons. The first-order valence-electron chi connectivity index (χ1n) is 11.1. The number of rotatable bonds is 7. The minimum absolute atomic E-state index is 0.233. The molecular formula is C23H44O3Si4. The third-order valence-electron chi connectivity index (χ3n) is 6.86. The first kappa shape index (κ1) is 25.6. The molecule has 0 spiro atoms. The van der Waals surface area contributed by atoms with Gasteiger partial charge in [0.2, 0.25) is 0 Å². The highest BCUT2D eigenvalue weighted by molar-refractivity contribution is 7.69. The summed E-state index contributed by atoms with van der Waals surface area (Å²) in [5.74, 6) is 1.77. The second-order valence-electron chi connectivity index (χ2n) is 11.9. The van der Waals surface area contributed by atoms with E-state index >= 15 is 0 Å². The van der Waals surface area contributed by atoms with Crippen LogP contribution in [0.2, 0.25) is 65.0 Å². The molecule has 0 aliphatic carbocycles. The smallest absolute Gasteiger partial charge is 0.184 e. The standard InChI is InChI=1S/C23H44O3Si4/c1-19-15-16-30(28(7,8)9,29(10,11)12)23(18-19,26-27(4,5)6)21-14-13-20(24-2)17-22(21)25-3/h13-15,17H,16,18H2,1-12H3. The molecule has 2 rings (SSSR count). The summed E-state index contributed by atoms with van der Waals surface area (Å²) in [5, 5.41) is -0.233. The molecule has 0 fully saturated rings. The van der Waals surface area contributed by atoms with Crippen molar-refractivity contribution in [1.82, 2.24) is 0 Å². The lowest BCUT2D eigenvalue weighted by atomic mass is 9.99. The molecule has 1 atom stereocenters. The molecule has 3 nitrogen and oxygen atoms in total. The number of methoxy groups -OCH3 is 2. The molecule has 30 heavy (non-hydrogen) atoms. The largest absolute Gasteiger partial charge is 0.497 e. The van der Waals surface area contributed by atoms with Crippen LogP contribution >= 0.6 is 0 Å². The van der Waals surface area contributed by atoms with Crippen molar-refractivity contribution in [3.8, 4) is 11.5 Å². The van der Waals surface area contributed by atoms with Crippen LogP contribution in [0.4, 0.5) is 0 Å². The van der Waals surface area contributed by atoms with Crippen LogP contribution in [0.5, 0.6) is 11.5 Å². The van der Waals surface area contributed by atoms with E-state index in [-0.39, 0.29) is 5.22 Å². The highest BCUT2D eigenvalue weighted by Gasteiger charge is 2.68. The average molecular weight is 481 g/mol. The van der Waals surface area contributed by atoms with E-state index in [4.69, 9.17) is 13.9 Å². The fraction of sp³-hybridized carbons (Fsp3) is 0.652. The van der Waals surface area contributed by atoms with E-state index in [0.29, 0.717) is 0 Å². The van der Waals surface area contributed by atoms with E-state index in [1.54, 1.807) is 14.2 Å². The number of hydrogen-bond acceptors (Lipinski definition) is 3.